The van der Waals surface area contributed by atoms with Gasteiger partial charge in [0.1, 0.15) is 10.9 Å². The number of benzene rings is 5. The molecule has 1 unspecified atom stereocenters. The molecule has 2 atom stereocenters. The number of morpholine rings is 1. The predicted molar refractivity (Wildman–Crippen MR) is 354 cm³/mol. The second-order valence-corrected chi connectivity index (χ2v) is 30.9. The summed E-state index contributed by atoms with van der Waals surface area (Å²) < 4.78 is 105. The van der Waals surface area contributed by atoms with E-state index in [0.29, 0.717) is 80.7 Å². The maximum atomic E-state index is 14.4. The fourth-order valence-corrected chi connectivity index (χ4v) is 17.5. The first-order valence-electron chi connectivity index (χ1n) is 32.2. The monoisotopic (exact) mass is 1370 g/mol. The summed E-state index contributed by atoms with van der Waals surface area (Å²) in [7, 11) is -11.0. The van der Waals surface area contributed by atoms with E-state index in [-0.39, 0.29) is 29.4 Å². The van der Waals surface area contributed by atoms with Gasteiger partial charge in [-0.05, 0) is 178 Å². The van der Waals surface area contributed by atoms with E-state index >= 15 is 0 Å². The molecule has 6 heterocycles. The Morgan fingerprint density at radius 3 is 2.09 bits per heavy atom. The zero-order chi connectivity index (χ0) is 65.9. The number of allylic oxidation sites excluding steroid dienone is 1. The number of hydrogen-bond donors (Lipinski definition) is 3. The lowest BCUT2D eigenvalue weighted by atomic mass is 9.65. The number of piperidine rings is 3. The van der Waals surface area contributed by atoms with Crippen molar-refractivity contribution in [2.45, 2.75) is 96.5 Å². The van der Waals surface area contributed by atoms with Crippen LogP contribution in [-0.4, -0.2) is 188 Å². The highest BCUT2D eigenvalue weighted by atomic mass is 35.5. The van der Waals surface area contributed by atoms with Gasteiger partial charge in [-0.15, -0.1) is 11.8 Å². The average Bonchev–Trinajstić information content (AvgIpc) is 1.51. The Kier molecular flexibility index (Phi) is 20.3. The number of halogens is 4. The molecule has 6 aliphatic heterocycles. The number of rotatable bonds is 20. The lowest BCUT2D eigenvalue weighted by Gasteiger charge is -2.47. The number of ether oxygens (including phenoxy) is 1. The number of nitrogens with one attached hydrogen (secondary N) is 3. The van der Waals surface area contributed by atoms with Crippen molar-refractivity contribution in [2.75, 3.05) is 119 Å². The number of alkyl halides is 3. The quantitative estimate of drug-likeness (QED) is 0.0489. The molecule has 5 fully saturated rings. The largest absolute Gasteiger partial charge is 0.501 e. The SMILES string of the molecule is O=C1CCC(N2C(=O)c3ccc(N4CCC(CN5CCC6(CCC(c7ccc(Cl)cc7)=C(CN7CCN(c8ccc(C(=O)NS(=O)(=O)c9ccc(N[C@H](CCN%10CCOCC%10)CSc%10ccccc%10)c(S(=O)(=O)C(F)(F)F)c9)cc8)CC7)C6)CC5)CC4)cc3C2=O)C(=O)N1. The minimum absolute atomic E-state index is 0.0246. The molecule has 12 rings (SSSR count). The van der Waals surface area contributed by atoms with Gasteiger partial charge in [0, 0.05) is 117 Å². The Labute approximate surface area is 555 Å². The maximum Gasteiger partial charge on any atom is 0.501 e. The molecule has 3 N–H and O–H groups in total. The van der Waals surface area contributed by atoms with Crippen LogP contribution in [0.2, 0.25) is 5.02 Å². The van der Waals surface area contributed by atoms with E-state index in [2.05, 4.69) is 47.3 Å². The molecule has 94 heavy (non-hydrogen) atoms. The van der Waals surface area contributed by atoms with E-state index in [4.69, 9.17) is 16.3 Å². The van der Waals surface area contributed by atoms with Crippen LogP contribution in [-0.2, 0) is 34.2 Å². The molecule has 0 bridgehead atoms. The van der Waals surface area contributed by atoms with Gasteiger partial charge in [0.25, 0.3) is 37.6 Å². The Morgan fingerprint density at radius 2 is 1.39 bits per heavy atom. The van der Waals surface area contributed by atoms with E-state index in [1.807, 2.05) is 53.3 Å². The molecule has 1 spiro atoms. The molecule has 5 saturated heterocycles. The number of sulfone groups is 1. The minimum atomic E-state index is -6.10. The summed E-state index contributed by atoms with van der Waals surface area (Å²) in [6.07, 6.45) is 7.92. The van der Waals surface area contributed by atoms with Crippen LogP contribution in [0.3, 0.4) is 0 Å². The maximum absolute atomic E-state index is 14.4. The summed E-state index contributed by atoms with van der Waals surface area (Å²) >= 11 is 7.83. The van der Waals surface area contributed by atoms with Gasteiger partial charge in [0.2, 0.25) is 11.8 Å². The Morgan fingerprint density at radius 1 is 0.713 bits per heavy atom. The van der Waals surface area contributed by atoms with Gasteiger partial charge in [-0.2, -0.15) is 13.2 Å². The fourth-order valence-electron chi connectivity index (χ4n) is 14.3. The number of amides is 5. The van der Waals surface area contributed by atoms with Crippen LogP contribution in [0.1, 0.15) is 101 Å². The van der Waals surface area contributed by atoms with Crippen LogP contribution in [0.15, 0.2) is 136 Å². The first kappa shape index (κ1) is 67.2. The second-order valence-electron chi connectivity index (χ2n) is 25.7. The number of likely N-dealkylation sites (tertiary alicyclic amines) is 1. The average molecular weight is 1370 g/mol. The van der Waals surface area contributed by atoms with Gasteiger partial charge in [-0.1, -0.05) is 47.5 Å². The zero-order valence-electron chi connectivity index (χ0n) is 52.1. The van der Waals surface area contributed by atoms with Crippen molar-refractivity contribution < 1.29 is 58.7 Å². The Hall–Kier alpha value is -6.84. The summed E-state index contributed by atoms with van der Waals surface area (Å²) in [4.78, 5) is 76.4. The van der Waals surface area contributed by atoms with E-state index in [9.17, 15) is 54.0 Å². The molecule has 0 aromatic heterocycles. The number of nitrogens with zero attached hydrogens (tertiary/aromatic N) is 6. The number of anilines is 3. The second kappa shape index (κ2) is 28.5. The zero-order valence-corrected chi connectivity index (χ0v) is 55.3. The molecule has 5 aromatic rings. The molecule has 26 heteroatoms. The molecule has 5 amide bonds. The van der Waals surface area contributed by atoms with Gasteiger partial charge >= 0.3 is 5.51 Å². The number of carbonyl (C=O) groups excluding carboxylic acids is 5. The van der Waals surface area contributed by atoms with Crippen molar-refractivity contribution in [2.24, 2.45) is 11.3 Å². The van der Waals surface area contributed by atoms with Crippen molar-refractivity contribution in [1.29, 1.82) is 0 Å². The topological polar surface area (TPSA) is 218 Å². The Bertz CT molecular complexity index is 3910. The summed E-state index contributed by atoms with van der Waals surface area (Å²) in [6, 6.07) is 30.2. The van der Waals surface area contributed by atoms with Gasteiger partial charge in [-0.3, -0.25) is 44.0 Å². The van der Waals surface area contributed by atoms with Crippen molar-refractivity contribution in [3.63, 3.8) is 0 Å². The fraction of sp³-hybridized carbons (Fsp3) is 0.456. The van der Waals surface area contributed by atoms with Gasteiger partial charge < -0.3 is 24.8 Å². The van der Waals surface area contributed by atoms with E-state index < -0.39 is 82.5 Å². The summed E-state index contributed by atoms with van der Waals surface area (Å²) in [5.41, 5.74) is 0.282. The third-order valence-electron chi connectivity index (χ3n) is 19.8. The number of thioether (sulfide) groups is 1. The molecule has 0 radical (unpaired) electrons. The smallest absolute Gasteiger partial charge is 0.380 e. The first-order valence-corrected chi connectivity index (χ1v) is 36.6. The van der Waals surface area contributed by atoms with Gasteiger partial charge in [-0.25, -0.2) is 21.6 Å². The molecule has 19 nitrogen and oxygen atoms in total. The van der Waals surface area contributed by atoms with Crippen LogP contribution >= 0.6 is 23.4 Å². The molecular formula is C68H77ClF3N9O10S3. The van der Waals surface area contributed by atoms with Crippen molar-refractivity contribution in [3.05, 3.63) is 148 Å². The molecule has 0 saturated carbocycles. The standard InChI is InChI=1S/C68H77ClF3N9O10S3/c69-50-10-6-47(7-11-50)56-20-24-67(25-30-77(31-26-67)43-46-21-28-79(29-22-46)53-14-16-57-58(40-53)66(86)81(65(57)85)60-18-19-62(82)74-64(60)84)42-49(56)44-78-32-34-80(35-33-78)52-12-8-48(9-13-52)63(83)75-94(89,90)55-15-17-59(61(41-55)93(87,88)68(70,71)72)73-51(23-27-76-36-38-91-39-37-76)45-92-54-4-2-1-3-5-54/h1-17,40-41,46,51,60,73H,18-39,42-45H2,(H,75,83)(H,74,82,84)/t51-,60?/m1/s1. The number of piperazine rings is 1. The summed E-state index contributed by atoms with van der Waals surface area (Å²) in [5, 5.41) is 5.95. The summed E-state index contributed by atoms with van der Waals surface area (Å²) in [5.74, 6) is -2.22. The number of hydrogen-bond acceptors (Lipinski definition) is 17. The highest BCUT2D eigenvalue weighted by Gasteiger charge is 2.49. The predicted octanol–water partition coefficient (Wildman–Crippen LogP) is 9.21. The third-order valence-corrected chi connectivity index (χ3v) is 24.0. The van der Waals surface area contributed by atoms with Crippen molar-refractivity contribution in [1.82, 2.24) is 29.6 Å². The highest BCUT2D eigenvalue weighted by Crippen LogP contribution is 2.50. The molecule has 5 aromatic carbocycles. The van der Waals surface area contributed by atoms with Gasteiger partial charge in [0.05, 0.1) is 34.9 Å². The van der Waals surface area contributed by atoms with E-state index in [1.165, 1.54) is 40.6 Å². The third kappa shape index (κ3) is 15.2. The number of carbonyl (C=O) groups is 5. The first-order chi connectivity index (χ1) is 45.1. The number of imide groups is 2. The highest BCUT2D eigenvalue weighted by molar-refractivity contribution is 7.99. The number of sulfonamides is 1. The van der Waals surface area contributed by atoms with Gasteiger partial charge in [0.15, 0.2) is 0 Å². The molecular weight excluding hydrogens is 1290 g/mol. The Balaban J connectivity index is 0.640. The van der Waals surface area contributed by atoms with Crippen molar-refractivity contribution >= 4 is 95.4 Å². The molecule has 500 valence electrons. The van der Waals surface area contributed by atoms with Crippen LogP contribution in [0.25, 0.3) is 5.57 Å². The van der Waals surface area contributed by atoms with Crippen LogP contribution < -0.4 is 25.2 Å². The van der Waals surface area contributed by atoms with E-state index in [1.54, 1.807) is 24.3 Å². The lowest BCUT2D eigenvalue weighted by molar-refractivity contribution is -0.136. The minimum Gasteiger partial charge on any atom is -0.380 e. The normalized spacial score (nSPS) is 21.0. The molecule has 1 aliphatic carbocycles. The van der Waals surface area contributed by atoms with Crippen LogP contribution in [0.5, 0.6) is 0 Å². The van der Waals surface area contributed by atoms with E-state index in [0.717, 1.165) is 131 Å². The number of fused-ring (bicyclic) bond motifs is 1. The lowest BCUT2D eigenvalue weighted by Crippen LogP contribution is -2.54. The molecule has 7 aliphatic rings. The van der Waals surface area contributed by atoms with Crippen molar-refractivity contribution in [3.8, 4) is 0 Å². The van der Waals surface area contributed by atoms with Crippen LogP contribution in [0, 0.1) is 11.3 Å². The van der Waals surface area contributed by atoms with Crippen LogP contribution in [0.4, 0.5) is 30.2 Å². The summed E-state index contributed by atoms with van der Waals surface area (Å²) in [6.45, 7) is 11.4.